The van der Waals surface area contributed by atoms with Crippen molar-refractivity contribution < 1.29 is 18.9 Å². The molecule has 3 heterocycles. The summed E-state index contributed by atoms with van der Waals surface area (Å²) in [4.78, 5) is 4.56. The number of ether oxygens (including phenoxy) is 4. The summed E-state index contributed by atoms with van der Waals surface area (Å²) in [6.45, 7) is 4.55. The maximum absolute atomic E-state index is 5.93. The summed E-state index contributed by atoms with van der Waals surface area (Å²) in [5, 5.41) is 0. The second-order valence-electron chi connectivity index (χ2n) is 5.23. The van der Waals surface area contributed by atoms with Crippen LogP contribution in [-0.2, 0) is 18.9 Å². The third-order valence-electron chi connectivity index (χ3n) is 3.52. The van der Waals surface area contributed by atoms with Gasteiger partial charge in [-0.25, -0.2) is 0 Å². The Kier molecular flexibility index (Phi) is 2.74. The number of aliphatic imine (C=N–C) groups is 1. The lowest BCUT2D eigenvalue weighted by atomic mass is 9.94. The van der Waals surface area contributed by atoms with Crippen LogP contribution in [-0.4, -0.2) is 49.8 Å². The zero-order valence-electron chi connectivity index (χ0n) is 10.5. The molecule has 0 radical (unpaired) electrons. The number of methoxy groups -OCH3 is 1. The van der Waals surface area contributed by atoms with Gasteiger partial charge in [0.15, 0.2) is 12.1 Å². The molecule has 0 aromatic rings. The Balaban J connectivity index is 1.80. The van der Waals surface area contributed by atoms with E-state index in [4.69, 9.17) is 18.9 Å². The molecule has 2 fully saturated rings. The molecule has 0 N–H and O–H groups in total. The maximum Gasteiger partial charge on any atom is 0.164 e. The molecule has 0 saturated carbocycles. The van der Waals surface area contributed by atoms with Gasteiger partial charge in [-0.3, -0.25) is 4.99 Å². The van der Waals surface area contributed by atoms with Gasteiger partial charge in [-0.1, -0.05) is 0 Å². The smallest absolute Gasteiger partial charge is 0.164 e. The number of nitrogens with zero attached hydrogens (tertiary/aromatic N) is 1. The molecule has 0 aromatic heterocycles. The summed E-state index contributed by atoms with van der Waals surface area (Å²) in [5.74, 6) is -0.538. The van der Waals surface area contributed by atoms with Gasteiger partial charge < -0.3 is 18.9 Å². The Morgan fingerprint density at radius 3 is 2.94 bits per heavy atom. The lowest BCUT2D eigenvalue weighted by Gasteiger charge is -2.37. The summed E-state index contributed by atoms with van der Waals surface area (Å²) >= 11 is 0. The van der Waals surface area contributed by atoms with Crippen molar-refractivity contribution in [3.8, 4) is 0 Å². The average Bonchev–Trinajstić information content (AvgIpc) is 2.63. The fourth-order valence-electron chi connectivity index (χ4n) is 2.80. The zero-order chi connectivity index (χ0) is 12.0. The Labute approximate surface area is 101 Å². The van der Waals surface area contributed by atoms with E-state index in [0.29, 0.717) is 6.54 Å². The maximum atomic E-state index is 5.93. The van der Waals surface area contributed by atoms with E-state index >= 15 is 0 Å². The van der Waals surface area contributed by atoms with Crippen LogP contribution in [0.5, 0.6) is 0 Å². The van der Waals surface area contributed by atoms with Gasteiger partial charge in [-0.05, 0) is 20.3 Å². The molecule has 0 spiro atoms. The molecule has 5 heteroatoms. The molecule has 3 aliphatic rings. The highest BCUT2D eigenvalue weighted by Crippen LogP contribution is 2.36. The minimum absolute atomic E-state index is 0.00866. The molecule has 4 atom stereocenters. The number of hydrogen-bond acceptors (Lipinski definition) is 5. The van der Waals surface area contributed by atoms with Crippen LogP contribution < -0.4 is 0 Å². The largest absolute Gasteiger partial charge is 0.356 e. The molecule has 0 aliphatic carbocycles. The standard InChI is InChI=1S/C12H19NO4/c1-12(2)16-8-6-13-7-4-5-9(14-3)15-10(7)11(8)17-12/h8-11H,4-6H2,1-3H3/t8-,9+,10+,11+/m0/s1. The molecular formula is C12H19NO4. The van der Waals surface area contributed by atoms with E-state index in [-0.39, 0.29) is 24.6 Å². The minimum Gasteiger partial charge on any atom is -0.356 e. The lowest BCUT2D eigenvalue weighted by molar-refractivity contribution is -0.192. The van der Waals surface area contributed by atoms with E-state index in [1.54, 1.807) is 7.11 Å². The number of hydrogen-bond donors (Lipinski definition) is 0. The summed E-state index contributed by atoms with van der Waals surface area (Å²) in [7, 11) is 1.67. The molecule has 0 aromatic carbocycles. The van der Waals surface area contributed by atoms with Crippen molar-refractivity contribution in [3.63, 3.8) is 0 Å². The zero-order valence-corrected chi connectivity index (χ0v) is 10.5. The van der Waals surface area contributed by atoms with Crippen LogP contribution in [0, 0.1) is 0 Å². The van der Waals surface area contributed by atoms with E-state index in [0.717, 1.165) is 18.6 Å². The van der Waals surface area contributed by atoms with E-state index in [9.17, 15) is 0 Å². The first kappa shape index (κ1) is 11.6. The highest BCUT2D eigenvalue weighted by Gasteiger charge is 2.50. The Morgan fingerprint density at radius 1 is 1.35 bits per heavy atom. The van der Waals surface area contributed by atoms with Crippen LogP contribution in [0.25, 0.3) is 0 Å². The molecule has 17 heavy (non-hydrogen) atoms. The van der Waals surface area contributed by atoms with E-state index in [1.807, 2.05) is 13.8 Å². The minimum atomic E-state index is -0.538. The molecule has 3 aliphatic heterocycles. The van der Waals surface area contributed by atoms with Crippen LogP contribution in [0.15, 0.2) is 4.99 Å². The van der Waals surface area contributed by atoms with Gasteiger partial charge in [0.05, 0.1) is 6.54 Å². The van der Waals surface area contributed by atoms with Gasteiger partial charge in [-0.15, -0.1) is 0 Å². The molecule has 2 saturated heterocycles. The SMILES string of the molecule is CO[C@H]1CCC2=NC[C@@H]3OC(C)(C)O[C@H]3[C@@H]2O1. The molecule has 5 nitrogen and oxygen atoms in total. The third kappa shape index (κ3) is 2.01. The van der Waals surface area contributed by atoms with Gasteiger partial charge in [0.1, 0.15) is 18.3 Å². The first-order chi connectivity index (χ1) is 8.09. The van der Waals surface area contributed by atoms with E-state index in [1.165, 1.54) is 0 Å². The summed E-state index contributed by atoms with van der Waals surface area (Å²) in [6, 6.07) is 0. The van der Waals surface area contributed by atoms with Crippen molar-refractivity contribution in [1.82, 2.24) is 0 Å². The van der Waals surface area contributed by atoms with Gasteiger partial charge in [0.2, 0.25) is 0 Å². The monoisotopic (exact) mass is 241 g/mol. The fourth-order valence-corrected chi connectivity index (χ4v) is 2.80. The third-order valence-corrected chi connectivity index (χ3v) is 3.52. The van der Waals surface area contributed by atoms with Crippen molar-refractivity contribution in [3.05, 3.63) is 0 Å². The predicted octanol–water partition coefficient (Wildman–Crippen LogP) is 1.11. The lowest BCUT2D eigenvalue weighted by Crippen LogP contribution is -2.51. The van der Waals surface area contributed by atoms with Crippen LogP contribution in [0.4, 0.5) is 0 Å². The molecule has 0 amide bonds. The number of rotatable bonds is 1. The number of fused-ring (bicyclic) bond motifs is 3. The van der Waals surface area contributed by atoms with Crippen molar-refractivity contribution in [2.24, 2.45) is 4.99 Å². The molecule has 0 bridgehead atoms. The molecule has 3 rings (SSSR count). The van der Waals surface area contributed by atoms with E-state index < -0.39 is 5.79 Å². The second kappa shape index (κ2) is 4.02. The van der Waals surface area contributed by atoms with Gasteiger partial charge in [0.25, 0.3) is 0 Å². The highest BCUT2D eigenvalue weighted by atomic mass is 16.8. The van der Waals surface area contributed by atoms with Gasteiger partial charge >= 0.3 is 0 Å². The van der Waals surface area contributed by atoms with Gasteiger partial charge in [0, 0.05) is 19.2 Å². The first-order valence-electron chi connectivity index (χ1n) is 6.16. The summed E-state index contributed by atoms with van der Waals surface area (Å²) < 4.78 is 22.9. The van der Waals surface area contributed by atoms with Gasteiger partial charge in [-0.2, -0.15) is 0 Å². The molecule has 0 unspecified atom stereocenters. The van der Waals surface area contributed by atoms with Crippen molar-refractivity contribution in [2.45, 2.75) is 57.1 Å². The van der Waals surface area contributed by atoms with Crippen LogP contribution in [0.2, 0.25) is 0 Å². The van der Waals surface area contributed by atoms with Crippen molar-refractivity contribution >= 4 is 5.71 Å². The highest BCUT2D eigenvalue weighted by molar-refractivity contribution is 5.90. The van der Waals surface area contributed by atoms with E-state index in [2.05, 4.69) is 4.99 Å². The van der Waals surface area contributed by atoms with Crippen LogP contribution >= 0.6 is 0 Å². The Hall–Kier alpha value is -0.490. The topological polar surface area (TPSA) is 49.3 Å². The quantitative estimate of drug-likeness (QED) is 0.690. The Morgan fingerprint density at radius 2 is 2.18 bits per heavy atom. The fraction of sp³-hybridized carbons (Fsp3) is 0.917. The predicted molar refractivity (Wildman–Crippen MR) is 61.0 cm³/mol. The van der Waals surface area contributed by atoms with Crippen molar-refractivity contribution in [2.75, 3.05) is 13.7 Å². The van der Waals surface area contributed by atoms with Crippen molar-refractivity contribution in [1.29, 1.82) is 0 Å². The molecular weight excluding hydrogens is 222 g/mol. The first-order valence-corrected chi connectivity index (χ1v) is 6.16. The van der Waals surface area contributed by atoms with Crippen LogP contribution in [0.1, 0.15) is 26.7 Å². The summed E-state index contributed by atoms with van der Waals surface area (Å²) in [6.07, 6.45) is 1.51. The van der Waals surface area contributed by atoms with Crippen LogP contribution in [0.3, 0.4) is 0 Å². The summed E-state index contributed by atoms with van der Waals surface area (Å²) in [5.41, 5.74) is 1.10. The second-order valence-corrected chi connectivity index (χ2v) is 5.23. The normalized spacial score (nSPS) is 43.8. The molecule has 96 valence electrons. The Bertz CT molecular complexity index is 341. The average molecular weight is 241 g/mol.